The zero-order valence-electron chi connectivity index (χ0n) is 38.7. The maximum Gasteiger partial charge on any atom is 0.222 e. The molecule has 2 amide bonds. The van der Waals surface area contributed by atoms with Crippen molar-refractivity contribution in [2.24, 2.45) is 9.98 Å². The van der Waals surface area contributed by atoms with Gasteiger partial charge in [-0.3, -0.25) is 28.7 Å². The number of aliphatic imine (C=N–C) groups is 2. The molecule has 2 aliphatic heterocycles. The van der Waals surface area contributed by atoms with Crippen LogP contribution < -0.4 is 20.1 Å². The first-order chi connectivity index (χ1) is 32.7. The van der Waals surface area contributed by atoms with Gasteiger partial charge >= 0.3 is 0 Å². The highest BCUT2D eigenvalue weighted by atomic mass is 32.2. The Labute approximate surface area is 399 Å². The molecule has 0 saturated carbocycles. The SMILES string of the molecule is CCNC(=O)C[C@@H]1N=C(c2ccc(SCCCOCCCSc3ccc(C4=N[C@@H](CC(=O)NCC)c5nnc(C)n5-c5ccc(OC)cc54)cc3)cc2)c2cc(OC)ccc2-n2c(C)nnc21. The number of methoxy groups -OCH3 is 2. The molecule has 15 nitrogen and oxygen atoms in total. The third-order valence-corrected chi connectivity index (χ3v) is 13.6. The van der Waals surface area contributed by atoms with Gasteiger partial charge in [0.05, 0.1) is 49.9 Å². The van der Waals surface area contributed by atoms with Crippen molar-refractivity contribution in [3.8, 4) is 22.9 Å². The molecule has 2 aliphatic rings. The average molecular weight is 941 g/mol. The number of aromatic nitrogens is 6. The first-order valence-electron chi connectivity index (χ1n) is 22.6. The highest BCUT2D eigenvalue weighted by molar-refractivity contribution is 7.99. The molecule has 17 heteroatoms. The Morgan fingerprint density at radius 1 is 0.597 bits per heavy atom. The fourth-order valence-electron chi connectivity index (χ4n) is 8.25. The number of carbonyl (C=O) groups excluding carboxylic acids is 2. The molecule has 4 aromatic carbocycles. The zero-order chi connectivity index (χ0) is 46.9. The Morgan fingerprint density at radius 2 is 1.01 bits per heavy atom. The summed E-state index contributed by atoms with van der Waals surface area (Å²) in [5.41, 5.74) is 7.00. The molecule has 2 N–H and O–H groups in total. The summed E-state index contributed by atoms with van der Waals surface area (Å²) in [7, 11) is 3.30. The maximum atomic E-state index is 12.8. The average Bonchev–Trinajstić information content (AvgIpc) is 3.84. The molecule has 0 aliphatic carbocycles. The van der Waals surface area contributed by atoms with Crippen molar-refractivity contribution in [3.05, 3.63) is 130 Å². The van der Waals surface area contributed by atoms with Crippen LogP contribution in [0.2, 0.25) is 0 Å². The second-order valence-corrected chi connectivity index (χ2v) is 18.4. The van der Waals surface area contributed by atoms with Crippen molar-refractivity contribution in [2.75, 3.05) is 52.0 Å². The van der Waals surface area contributed by atoms with E-state index >= 15 is 0 Å². The number of fused-ring (bicyclic) bond motifs is 6. The number of hydrogen-bond donors (Lipinski definition) is 2. The van der Waals surface area contributed by atoms with E-state index in [0.29, 0.717) is 49.5 Å². The van der Waals surface area contributed by atoms with Gasteiger partial charge in [-0.2, -0.15) is 0 Å². The number of amides is 2. The van der Waals surface area contributed by atoms with E-state index in [1.165, 1.54) is 0 Å². The smallest absolute Gasteiger partial charge is 0.222 e. The van der Waals surface area contributed by atoms with Crippen molar-refractivity contribution in [3.63, 3.8) is 0 Å². The van der Waals surface area contributed by atoms with Crippen molar-refractivity contribution in [1.82, 2.24) is 40.2 Å². The summed E-state index contributed by atoms with van der Waals surface area (Å²) in [6.07, 6.45) is 2.18. The van der Waals surface area contributed by atoms with Crippen LogP contribution in [0.5, 0.6) is 11.5 Å². The summed E-state index contributed by atoms with van der Waals surface area (Å²) in [6.45, 7) is 10.1. The fraction of sp³-hybridized carbons (Fsp3) is 0.360. The van der Waals surface area contributed by atoms with E-state index in [0.717, 1.165) is 90.8 Å². The van der Waals surface area contributed by atoms with Crippen LogP contribution in [0, 0.1) is 13.8 Å². The Balaban J connectivity index is 0.833. The second-order valence-electron chi connectivity index (χ2n) is 16.0. The minimum atomic E-state index is -0.518. The largest absolute Gasteiger partial charge is 0.497 e. The lowest BCUT2D eigenvalue weighted by Crippen LogP contribution is -2.25. The molecule has 0 fully saturated rings. The number of hydrogen-bond acceptors (Lipinski definition) is 13. The Hall–Kier alpha value is -6.30. The highest BCUT2D eigenvalue weighted by Crippen LogP contribution is 2.37. The van der Waals surface area contributed by atoms with Gasteiger partial charge in [-0.05, 0) is 101 Å². The number of carbonyl (C=O) groups is 2. The fourth-order valence-corrected chi connectivity index (χ4v) is 9.90. The second kappa shape index (κ2) is 22.0. The number of nitrogens with one attached hydrogen (secondary N) is 2. The predicted octanol–water partition coefficient (Wildman–Crippen LogP) is 8.00. The van der Waals surface area contributed by atoms with Gasteiger partial charge in [0.25, 0.3) is 0 Å². The van der Waals surface area contributed by atoms with Gasteiger partial charge in [0.2, 0.25) is 11.8 Å². The first-order valence-corrected chi connectivity index (χ1v) is 24.6. The lowest BCUT2D eigenvalue weighted by atomic mass is 10.00. The van der Waals surface area contributed by atoms with Crippen LogP contribution in [0.25, 0.3) is 11.4 Å². The van der Waals surface area contributed by atoms with Crippen LogP contribution in [0.15, 0.2) is 105 Å². The van der Waals surface area contributed by atoms with Gasteiger partial charge in [-0.25, -0.2) is 0 Å². The summed E-state index contributed by atoms with van der Waals surface area (Å²) in [5.74, 6) is 5.82. The van der Waals surface area contributed by atoms with Gasteiger partial charge in [-0.1, -0.05) is 24.3 Å². The Morgan fingerprint density at radius 3 is 1.40 bits per heavy atom. The molecular weight excluding hydrogens is 885 g/mol. The summed E-state index contributed by atoms with van der Waals surface area (Å²) in [4.78, 5) is 38.4. The molecule has 0 bridgehead atoms. The van der Waals surface area contributed by atoms with Crippen molar-refractivity contribution in [1.29, 1.82) is 0 Å². The summed E-state index contributed by atoms with van der Waals surface area (Å²) >= 11 is 3.60. The quantitative estimate of drug-likeness (QED) is 0.0561. The van der Waals surface area contributed by atoms with Crippen molar-refractivity contribution >= 4 is 46.8 Å². The number of benzene rings is 4. The van der Waals surface area contributed by atoms with Crippen LogP contribution >= 0.6 is 23.5 Å². The van der Waals surface area contributed by atoms with Crippen LogP contribution in [0.1, 0.15) is 97.2 Å². The standard InChI is InChI=1S/C50H56N10O5S2/c1-7-51-45(61)29-41-49-57-55-31(3)59(49)43-21-15-35(63-5)27-39(43)47(53-41)33-11-17-37(18-12-33)66-25-9-23-65-24-10-26-67-38-19-13-34(14-20-38)48-40-28-36(64-6)16-22-44(40)60-32(4)56-58-50(60)42(54-48)30-46(62)52-8-2/h11-22,27-28,41-42H,7-10,23-26,29-30H2,1-6H3,(H,51,61)(H,52,62)/t41-,42-/m0/s1. The van der Waals surface area contributed by atoms with Crippen LogP contribution in [0.4, 0.5) is 0 Å². The van der Waals surface area contributed by atoms with E-state index in [9.17, 15) is 9.59 Å². The van der Waals surface area contributed by atoms with Crippen LogP contribution in [-0.2, 0) is 14.3 Å². The monoisotopic (exact) mass is 940 g/mol. The van der Waals surface area contributed by atoms with Gasteiger partial charge in [0.15, 0.2) is 11.6 Å². The molecular formula is C50H56N10O5S2. The number of ether oxygens (including phenoxy) is 3. The van der Waals surface area contributed by atoms with Crippen molar-refractivity contribution < 1.29 is 23.8 Å². The Bertz CT molecular complexity index is 2580. The zero-order valence-corrected chi connectivity index (χ0v) is 40.4. The van der Waals surface area contributed by atoms with E-state index in [-0.39, 0.29) is 24.7 Å². The van der Waals surface area contributed by atoms with Gasteiger partial charge in [0, 0.05) is 69.9 Å². The number of nitrogens with zero attached hydrogens (tertiary/aromatic N) is 8. The summed E-state index contributed by atoms with van der Waals surface area (Å²) < 4.78 is 21.3. The molecule has 0 unspecified atom stereocenters. The van der Waals surface area contributed by atoms with Gasteiger partial charge in [-0.15, -0.1) is 43.9 Å². The van der Waals surface area contributed by atoms with E-state index in [1.807, 2.05) is 73.2 Å². The van der Waals surface area contributed by atoms with Gasteiger partial charge in [0.1, 0.15) is 35.2 Å². The molecule has 2 aromatic heterocycles. The summed E-state index contributed by atoms with van der Waals surface area (Å²) in [6, 6.07) is 27.7. The minimum Gasteiger partial charge on any atom is -0.497 e. The van der Waals surface area contributed by atoms with Crippen LogP contribution in [-0.4, -0.2) is 105 Å². The number of aryl methyl sites for hydroxylation is 2. The third-order valence-electron chi connectivity index (χ3n) is 11.4. The Kier molecular flexibility index (Phi) is 15.5. The lowest BCUT2D eigenvalue weighted by molar-refractivity contribution is -0.122. The molecule has 0 saturated heterocycles. The number of thioether (sulfide) groups is 2. The summed E-state index contributed by atoms with van der Waals surface area (Å²) in [5, 5.41) is 23.5. The molecule has 8 rings (SSSR count). The molecule has 2 atom stereocenters. The normalized spacial score (nSPS) is 14.9. The van der Waals surface area contributed by atoms with Gasteiger partial charge < -0.3 is 24.8 Å². The van der Waals surface area contributed by atoms with E-state index in [2.05, 4.69) is 79.6 Å². The van der Waals surface area contributed by atoms with E-state index in [1.54, 1.807) is 37.7 Å². The maximum absolute atomic E-state index is 12.8. The minimum absolute atomic E-state index is 0.0889. The first kappa shape index (κ1) is 47.2. The lowest BCUT2D eigenvalue weighted by Gasteiger charge is -2.14. The molecule has 4 heterocycles. The third kappa shape index (κ3) is 10.8. The van der Waals surface area contributed by atoms with Crippen molar-refractivity contribution in [2.45, 2.75) is 75.3 Å². The molecule has 67 heavy (non-hydrogen) atoms. The molecule has 0 spiro atoms. The molecule has 6 aromatic rings. The highest BCUT2D eigenvalue weighted by Gasteiger charge is 2.32. The predicted molar refractivity (Wildman–Crippen MR) is 263 cm³/mol. The number of rotatable bonds is 20. The van der Waals surface area contributed by atoms with E-state index < -0.39 is 12.1 Å². The molecule has 348 valence electrons. The molecule has 0 radical (unpaired) electrons. The van der Waals surface area contributed by atoms with Crippen LogP contribution in [0.3, 0.4) is 0 Å². The topological polar surface area (TPSA) is 172 Å². The van der Waals surface area contributed by atoms with E-state index in [4.69, 9.17) is 24.2 Å².